The fourth-order valence-corrected chi connectivity index (χ4v) is 3.74. The molecule has 20 heavy (non-hydrogen) atoms. The molecule has 0 N–H and O–H groups in total. The predicted molar refractivity (Wildman–Crippen MR) is 73.3 cm³/mol. The van der Waals surface area contributed by atoms with Gasteiger partial charge in [-0.3, -0.25) is 9.59 Å². The third-order valence-corrected chi connectivity index (χ3v) is 4.74. The van der Waals surface area contributed by atoms with Gasteiger partial charge in [-0.25, -0.2) is 4.90 Å². The highest BCUT2D eigenvalue weighted by molar-refractivity contribution is 6.36. The zero-order chi connectivity index (χ0) is 14.1. The molecule has 0 aliphatic carbocycles. The van der Waals surface area contributed by atoms with Gasteiger partial charge in [0.25, 0.3) is 0 Å². The highest BCUT2D eigenvalue weighted by Gasteiger charge is 2.66. The molecule has 2 fully saturated rings. The van der Waals surface area contributed by atoms with Crippen molar-refractivity contribution in [2.75, 3.05) is 4.90 Å². The van der Waals surface area contributed by atoms with Crippen molar-refractivity contribution < 1.29 is 14.3 Å². The fourth-order valence-electron chi connectivity index (χ4n) is 3.52. The van der Waals surface area contributed by atoms with E-state index < -0.39 is 17.4 Å². The second-order valence-corrected chi connectivity index (χ2v) is 6.00. The van der Waals surface area contributed by atoms with Crippen LogP contribution in [0.4, 0.5) is 5.69 Å². The number of fused-ring (bicyclic) bond motifs is 5. The molecule has 2 saturated heterocycles. The third kappa shape index (κ3) is 1.30. The molecule has 1 aromatic carbocycles. The summed E-state index contributed by atoms with van der Waals surface area (Å²) in [5.41, 5.74) is -0.209. The zero-order valence-electron chi connectivity index (χ0n) is 10.7. The van der Waals surface area contributed by atoms with Crippen LogP contribution in [-0.2, 0) is 14.3 Å². The minimum atomic E-state index is -0.669. The van der Waals surface area contributed by atoms with Crippen LogP contribution in [0.1, 0.15) is 6.92 Å². The molecule has 4 nitrogen and oxygen atoms in total. The number of carbonyl (C=O) groups excluding carboxylic acids is 2. The number of benzene rings is 1. The van der Waals surface area contributed by atoms with Crippen molar-refractivity contribution in [3.63, 3.8) is 0 Å². The van der Waals surface area contributed by atoms with Crippen LogP contribution in [-0.4, -0.2) is 23.5 Å². The average Bonchev–Trinajstić information content (AvgIpc) is 3.01. The molecule has 0 unspecified atom stereocenters. The van der Waals surface area contributed by atoms with Gasteiger partial charge in [0.15, 0.2) is 0 Å². The number of amides is 2. The van der Waals surface area contributed by atoms with Crippen LogP contribution in [0, 0.1) is 11.8 Å². The molecule has 3 aliphatic rings. The van der Waals surface area contributed by atoms with Gasteiger partial charge in [-0.2, -0.15) is 0 Å². The van der Waals surface area contributed by atoms with Gasteiger partial charge >= 0.3 is 0 Å². The molecule has 5 heteroatoms. The maximum atomic E-state index is 12.7. The molecule has 2 amide bonds. The molecule has 0 saturated carbocycles. The zero-order valence-corrected chi connectivity index (χ0v) is 11.5. The highest BCUT2D eigenvalue weighted by Crippen LogP contribution is 2.52. The van der Waals surface area contributed by atoms with Gasteiger partial charge in [-0.05, 0) is 19.1 Å². The Labute approximate surface area is 121 Å². The number of carbonyl (C=O) groups is 2. The number of hydrogen-bond acceptors (Lipinski definition) is 3. The second-order valence-electron chi connectivity index (χ2n) is 5.59. The summed E-state index contributed by atoms with van der Waals surface area (Å²) in [7, 11) is 0. The number of rotatable bonds is 1. The van der Waals surface area contributed by atoms with E-state index >= 15 is 0 Å². The molecule has 0 spiro atoms. The Balaban J connectivity index is 1.82. The van der Waals surface area contributed by atoms with E-state index in [1.807, 2.05) is 19.1 Å². The SMILES string of the molecule is C[C@]12C=C[C@H](O1)[C@@H]1C(=O)N(c3ccccc3Cl)C(=O)[C@@H]12. The highest BCUT2D eigenvalue weighted by atomic mass is 35.5. The standard InChI is InChI=1S/C15H12ClNO3/c1-15-7-6-10(20-15)11-12(15)14(19)17(13(11)18)9-5-3-2-4-8(9)16/h2-7,10-12H,1H3/t10-,11-,12+,15+/m0/s1. The van der Waals surface area contributed by atoms with Gasteiger partial charge in [0.1, 0.15) is 0 Å². The topological polar surface area (TPSA) is 46.6 Å². The molecule has 4 atom stereocenters. The molecule has 3 heterocycles. The van der Waals surface area contributed by atoms with Crippen LogP contribution in [0.5, 0.6) is 0 Å². The van der Waals surface area contributed by atoms with E-state index in [0.717, 1.165) is 0 Å². The average molecular weight is 290 g/mol. The van der Waals surface area contributed by atoms with Gasteiger partial charge in [-0.15, -0.1) is 0 Å². The van der Waals surface area contributed by atoms with Crippen LogP contribution in [0.15, 0.2) is 36.4 Å². The Morgan fingerprint density at radius 1 is 1.25 bits per heavy atom. The number of imide groups is 1. The lowest BCUT2D eigenvalue weighted by molar-refractivity contribution is -0.126. The summed E-state index contributed by atoms with van der Waals surface area (Å²) in [5, 5.41) is 0.403. The second kappa shape index (κ2) is 3.71. The number of hydrogen-bond donors (Lipinski definition) is 0. The van der Waals surface area contributed by atoms with Gasteiger partial charge in [-0.1, -0.05) is 35.9 Å². The van der Waals surface area contributed by atoms with Gasteiger partial charge in [0.2, 0.25) is 11.8 Å². The summed E-state index contributed by atoms with van der Waals surface area (Å²) < 4.78 is 5.77. The summed E-state index contributed by atoms with van der Waals surface area (Å²) in [5.74, 6) is -1.30. The molecular formula is C15H12ClNO3. The maximum Gasteiger partial charge on any atom is 0.241 e. The lowest BCUT2D eigenvalue weighted by Crippen LogP contribution is -2.38. The Morgan fingerprint density at radius 3 is 2.70 bits per heavy atom. The van der Waals surface area contributed by atoms with E-state index in [2.05, 4.69) is 0 Å². The Morgan fingerprint density at radius 2 is 2.00 bits per heavy atom. The summed E-state index contributed by atoms with van der Waals surface area (Å²) >= 11 is 6.12. The molecule has 1 aromatic rings. The van der Waals surface area contributed by atoms with Crippen LogP contribution in [0.3, 0.4) is 0 Å². The van der Waals surface area contributed by atoms with Crippen LogP contribution >= 0.6 is 11.6 Å². The van der Waals surface area contributed by atoms with Gasteiger partial charge in [0.05, 0.1) is 34.3 Å². The normalized spacial score (nSPS) is 37.9. The summed E-state index contributed by atoms with van der Waals surface area (Å²) in [6.07, 6.45) is 3.47. The summed E-state index contributed by atoms with van der Waals surface area (Å²) in [6, 6.07) is 6.91. The lowest BCUT2D eigenvalue weighted by Gasteiger charge is -2.24. The summed E-state index contributed by atoms with van der Waals surface area (Å²) in [6.45, 7) is 1.86. The van der Waals surface area contributed by atoms with Gasteiger partial charge < -0.3 is 4.74 Å². The minimum absolute atomic E-state index is 0.217. The van der Waals surface area contributed by atoms with Gasteiger partial charge in [0, 0.05) is 0 Å². The number of anilines is 1. The quantitative estimate of drug-likeness (QED) is 0.588. The van der Waals surface area contributed by atoms with E-state index in [9.17, 15) is 9.59 Å². The fraction of sp³-hybridized carbons (Fsp3) is 0.333. The summed E-state index contributed by atoms with van der Waals surface area (Å²) in [4.78, 5) is 26.5. The third-order valence-electron chi connectivity index (χ3n) is 4.42. The Bertz CT molecular complexity index is 671. The molecule has 0 aromatic heterocycles. The van der Waals surface area contributed by atoms with Crippen molar-refractivity contribution in [2.24, 2.45) is 11.8 Å². The van der Waals surface area contributed by atoms with E-state index in [-0.39, 0.29) is 17.9 Å². The largest absolute Gasteiger partial charge is 0.362 e. The predicted octanol–water partition coefficient (Wildman–Crippen LogP) is 2.17. The van der Waals surface area contributed by atoms with Crippen molar-refractivity contribution in [3.8, 4) is 0 Å². The number of nitrogens with zero attached hydrogens (tertiary/aromatic N) is 1. The first-order chi connectivity index (χ1) is 9.53. The van der Waals surface area contributed by atoms with Crippen molar-refractivity contribution in [1.29, 1.82) is 0 Å². The Hall–Kier alpha value is -1.65. The van der Waals surface area contributed by atoms with Crippen LogP contribution < -0.4 is 4.90 Å². The smallest absolute Gasteiger partial charge is 0.241 e. The molecule has 0 radical (unpaired) electrons. The van der Waals surface area contributed by atoms with Crippen molar-refractivity contribution in [2.45, 2.75) is 18.6 Å². The minimum Gasteiger partial charge on any atom is -0.362 e. The first-order valence-electron chi connectivity index (χ1n) is 6.52. The first kappa shape index (κ1) is 12.1. The molecule has 3 aliphatic heterocycles. The van der Waals surface area contributed by atoms with Crippen LogP contribution in [0.2, 0.25) is 5.02 Å². The Kier molecular flexibility index (Phi) is 2.25. The monoisotopic (exact) mass is 289 g/mol. The molecule has 4 rings (SSSR count). The lowest BCUT2D eigenvalue weighted by atomic mass is 9.78. The van der Waals surface area contributed by atoms with E-state index in [1.165, 1.54) is 4.90 Å². The number of halogens is 1. The maximum absolute atomic E-state index is 12.7. The van der Waals surface area contributed by atoms with Crippen LogP contribution in [0.25, 0.3) is 0 Å². The van der Waals surface area contributed by atoms with E-state index in [1.54, 1.807) is 24.3 Å². The van der Waals surface area contributed by atoms with Crippen molar-refractivity contribution in [3.05, 3.63) is 41.4 Å². The number of para-hydroxylation sites is 1. The molecular weight excluding hydrogens is 278 g/mol. The van der Waals surface area contributed by atoms with Crippen molar-refractivity contribution >= 4 is 29.1 Å². The first-order valence-corrected chi connectivity index (χ1v) is 6.90. The van der Waals surface area contributed by atoms with E-state index in [0.29, 0.717) is 10.7 Å². The van der Waals surface area contributed by atoms with E-state index in [4.69, 9.17) is 16.3 Å². The number of ether oxygens (including phenoxy) is 1. The molecule has 102 valence electrons. The molecule has 2 bridgehead atoms. The van der Waals surface area contributed by atoms with Crippen molar-refractivity contribution in [1.82, 2.24) is 0 Å².